The van der Waals surface area contributed by atoms with Gasteiger partial charge in [0.25, 0.3) is 11.6 Å². The van der Waals surface area contributed by atoms with Crippen LogP contribution in [-0.4, -0.2) is 37.3 Å². The summed E-state index contributed by atoms with van der Waals surface area (Å²) in [5.41, 5.74) is 3.60. The average Bonchev–Trinajstić information content (AvgIpc) is 3.17. The Morgan fingerprint density at radius 3 is 2.64 bits per heavy atom. The molecule has 2 aromatic carbocycles. The Morgan fingerprint density at radius 2 is 1.96 bits per heavy atom. The molecule has 1 heterocycles. The number of benzene rings is 2. The lowest BCUT2D eigenvalue weighted by molar-refractivity contribution is -0.385. The van der Waals surface area contributed by atoms with Crippen LogP contribution < -0.4 is 5.43 Å². The molecule has 0 atom stereocenters. The molecule has 0 aliphatic carbocycles. The second-order valence-electron chi connectivity index (χ2n) is 4.82. The number of para-hydroxylation sites is 1. The molecule has 0 fully saturated rings. The van der Waals surface area contributed by atoms with E-state index in [-0.39, 0.29) is 5.69 Å². The Kier molecular flexibility index (Phi) is 4.51. The van der Waals surface area contributed by atoms with Crippen molar-refractivity contribution in [1.29, 1.82) is 0 Å². The van der Waals surface area contributed by atoms with E-state index in [1.807, 2.05) is 0 Å². The summed E-state index contributed by atoms with van der Waals surface area (Å²) in [5, 5.41) is 25.5. The summed E-state index contributed by atoms with van der Waals surface area (Å²) < 4.78 is 1.45. The Balaban J connectivity index is 1.68. The van der Waals surface area contributed by atoms with E-state index in [2.05, 4.69) is 26.1 Å². The van der Waals surface area contributed by atoms with Crippen molar-refractivity contribution >= 4 is 17.8 Å². The van der Waals surface area contributed by atoms with Gasteiger partial charge in [0.15, 0.2) is 0 Å². The van der Waals surface area contributed by atoms with Gasteiger partial charge in [0.2, 0.25) is 0 Å². The van der Waals surface area contributed by atoms with Gasteiger partial charge in [0.05, 0.1) is 22.4 Å². The van der Waals surface area contributed by atoms with Crippen molar-refractivity contribution in [2.45, 2.75) is 0 Å². The first-order chi connectivity index (χ1) is 12.1. The quantitative estimate of drug-likeness (QED) is 0.425. The maximum atomic E-state index is 12.0. The minimum atomic E-state index is -0.513. The van der Waals surface area contributed by atoms with Crippen molar-refractivity contribution in [3.8, 4) is 5.69 Å². The molecule has 124 valence electrons. The van der Waals surface area contributed by atoms with E-state index in [0.717, 1.165) is 0 Å². The van der Waals surface area contributed by atoms with E-state index in [4.69, 9.17) is 0 Å². The van der Waals surface area contributed by atoms with Gasteiger partial charge in [-0.2, -0.15) is 5.10 Å². The number of carbonyl (C=O) groups is 1. The number of tetrazole rings is 1. The van der Waals surface area contributed by atoms with Crippen LogP contribution in [0.2, 0.25) is 0 Å². The molecule has 3 rings (SSSR count). The summed E-state index contributed by atoms with van der Waals surface area (Å²) in [6.45, 7) is 0. The van der Waals surface area contributed by atoms with Crippen LogP contribution in [-0.2, 0) is 0 Å². The molecule has 0 aliphatic rings. The van der Waals surface area contributed by atoms with Gasteiger partial charge in [-0.05, 0) is 40.8 Å². The Bertz CT molecular complexity index is 921. The van der Waals surface area contributed by atoms with Gasteiger partial charge < -0.3 is 0 Å². The number of nitrogens with zero attached hydrogens (tertiary/aromatic N) is 6. The summed E-state index contributed by atoms with van der Waals surface area (Å²) in [6.07, 6.45) is 2.66. The molecule has 3 aromatic rings. The van der Waals surface area contributed by atoms with Crippen LogP contribution >= 0.6 is 0 Å². The molecular formula is C15H11N7O3. The van der Waals surface area contributed by atoms with Gasteiger partial charge >= 0.3 is 0 Å². The van der Waals surface area contributed by atoms with E-state index in [0.29, 0.717) is 16.8 Å². The molecular weight excluding hydrogens is 326 g/mol. The number of carbonyl (C=O) groups excluding carboxylic acids is 1. The van der Waals surface area contributed by atoms with Crippen molar-refractivity contribution in [1.82, 2.24) is 25.6 Å². The zero-order valence-electron chi connectivity index (χ0n) is 12.7. The number of hydrogen-bond donors (Lipinski definition) is 1. The maximum absolute atomic E-state index is 12.0. The average molecular weight is 337 g/mol. The van der Waals surface area contributed by atoms with E-state index in [1.165, 1.54) is 29.4 Å². The number of aromatic nitrogens is 4. The van der Waals surface area contributed by atoms with Crippen LogP contribution in [0.15, 0.2) is 60.0 Å². The second-order valence-corrected chi connectivity index (χ2v) is 4.82. The standard InChI is InChI=1S/C15H11N7O3/c23-15(11-5-7-13(8-6-11)21-10-17-19-20-21)18-16-9-12-3-1-2-4-14(12)22(24)25/h1-10H,(H,18,23)/b16-9+. The predicted octanol–water partition coefficient (Wildman–Crippen LogP) is 1.33. The first kappa shape index (κ1) is 15.9. The van der Waals surface area contributed by atoms with Crippen molar-refractivity contribution < 1.29 is 9.72 Å². The first-order valence-corrected chi connectivity index (χ1v) is 7.05. The molecule has 0 radical (unpaired) electrons. The van der Waals surface area contributed by atoms with E-state index in [9.17, 15) is 14.9 Å². The third-order valence-electron chi connectivity index (χ3n) is 3.25. The second kappa shape index (κ2) is 7.08. The monoisotopic (exact) mass is 337 g/mol. The molecule has 0 saturated heterocycles. The fraction of sp³-hybridized carbons (Fsp3) is 0. The summed E-state index contributed by atoms with van der Waals surface area (Å²) in [5.74, 6) is -0.446. The van der Waals surface area contributed by atoms with Crippen LogP contribution in [0.1, 0.15) is 15.9 Å². The van der Waals surface area contributed by atoms with Gasteiger partial charge in [-0.1, -0.05) is 12.1 Å². The minimum Gasteiger partial charge on any atom is -0.267 e. The molecule has 0 spiro atoms. The van der Waals surface area contributed by atoms with Crippen LogP contribution in [0, 0.1) is 10.1 Å². The fourth-order valence-corrected chi connectivity index (χ4v) is 2.03. The molecule has 0 unspecified atom stereocenters. The zero-order chi connectivity index (χ0) is 17.6. The minimum absolute atomic E-state index is 0.0914. The van der Waals surface area contributed by atoms with Gasteiger partial charge in [0, 0.05) is 11.6 Å². The Hall–Kier alpha value is -3.95. The van der Waals surface area contributed by atoms with Crippen LogP contribution in [0.4, 0.5) is 5.69 Å². The molecule has 1 amide bonds. The number of hydrazone groups is 1. The topological polar surface area (TPSA) is 128 Å². The van der Waals surface area contributed by atoms with Crippen LogP contribution in [0.3, 0.4) is 0 Å². The normalized spacial score (nSPS) is 10.7. The van der Waals surface area contributed by atoms with E-state index < -0.39 is 10.8 Å². The molecule has 10 nitrogen and oxygen atoms in total. The summed E-state index contributed by atoms with van der Waals surface area (Å²) >= 11 is 0. The number of nitro groups is 1. The van der Waals surface area contributed by atoms with Gasteiger partial charge in [0.1, 0.15) is 6.33 Å². The van der Waals surface area contributed by atoms with Crippen LogP contribution in [0.25, 0.3) is 5.69 Å². The number of nitrogens with one attached hydrogen (secondary N) is 1. The highest BCUT2D eigenvalue weighted by Gasteiger charge is 2.10. The van der Waals surface area contributed by atoms with Crippen molar-refractivity contribution in [2.75, 3.05) is 0 Å². The van der Waals surface area contributed by atoms with Crippen molar-refractivity contribution in [3.63, 3.8) is 0 Å². The van der Waals surface area contributed by atoms with Gasteiger partial charge in [-0.3, -0.25) is 14.9 Å². The number of nitro benzene ring substituents is 1. The SMILES string of the molecule is O=C(N/N=C/c1ccccc1[N+](=O)[O-])c1ccc(-n2cnnn2)cc1. The highest BCUT2D eigenvalue weighted by molar-refractivity contribution is 5.95. The third-order valence-corrected chi connectivity index (χ3v) is 3.25. The van der Waals surface area contributed by atoms with E-state index >= 15 is 0 Å². The van der Waals surface area contributed by atoms with Gasteiger partial charge in [-0.25, -0.2) is 10.1 Å². The molecule has 10 heteroatoms. The van der Waals surface area contributed by atoms with Crippen molar-refractivity contribution in [2.24, 2.45) is 5.10 Å². The smallest absolute Gasteiger partial charge is 0.267 e. The first-order valence-electron chi connectivity index (χ1n) is 7.05. The summed E-state index contributed by atoms with van der Waals surface area (Å²) in [4.78, 5) is 22.4. The number of hydrogen-bond acceptors (Lipinski definition) is 7. The van der Waals surface area contributed by atoms with Gasteiger partial charge in [-0.15, -0.1) is 5.10 Å². The lowest BCUT2D eigenvalue weighted by Crippen LogP contribution is -2.17. The molecule has 1 N–H and O–H groups in total. The molecule has 0 saturated carbocycles. The summed E-state index contributed by atoms with van der Waals surface area (Å²) in [6, 6.07) is 12.6. The molecule has 0 bridgehead atoms. The van der Waals surface area contributed by atoms with Crippen LogP contribution in [0.5, 0.6) is 0 Å². The number of rotatable bonds is 5. The fourth-order valence-electron chi connectivity index (χ4n) is 2.03. The predicted molar refractivity (Wildman–Crippen MR) is 87.3 cm³/mol. The third kappa shape index (κ3) is 3.69. The lowest BCUT2D eigenvalue weighted by Gasteiger charge is -2.02. The largest absolute Gasteiger partial charge is 0.278 e. The Morgan fingerprint density at radius 1 is 1.20 bits per heavy atom. The highest BCUT2D eigenvalue weighted by Crippen LogP contribution is 2.15. The summed E-state index contributed by atoms with van der Waals surface area (Å²) in [7, 11) is 0. The van der Waals surface area contributed by atoms with E-state index in [1.54, 1.807) is 36.4 Å². The molecule has 0 aliphatic heterocycles. The maximum Gasteiger partial charge on any atom is 0.278 e. The van der Waals surface area contributed by atoms with Crippen molar-refractivity contribution in [3.05, 3.63) is 76.1 Å². The molecule has 1 aromatic heterocycles. The molecule has 25 heavy (non-hydrogen) atoms. The Labute approximate surface area is 140 Å². The number of amides is 1. The lowest BCUT2D eigenvalue weighted by atomic mass is 10.2. The highest BCUT2D eigenvalue weighted by atomic mass is 16.6. The zero-order valence-corrected chi connectivity index (χ0v) is 12.7.